The molecule has 0 atom stereocenters. The van der Waals surface area contributed by atoms with Gasteiger partial charge in [-0.2, -0.15) is 0 Å². The quantitative estimate of drug-likeness (QED) is 0.927. The van der Waals surface area contributed by atoms with Crippen LogP contribution in [0.5, 0.6) is 0 Å². The molecule has 1 aliphatic rings. The number of nitrogens with one attached hydrogen (secondary N) is 1. The number of benzene rings is 1. The van der Waals surface area contributed by atoms with Gasteiger partial charge in [-0.3, -0.25) is 4.79 Å². The molecule has 1 N–H and O–H groups in total. The van der Waals surface area contributed by atoms with Gasteiger partial charge in [0.05, 0.1) is 10.7 Å². The van der Waals surface area contributed by atoms with E-state index in [1.54, 1.807) is 12.1 Å². The maximum atomic E-state index is 12.0. The van der Waals surface area contributed by atoms with E-state index in [0.717, 1.165) is 31.9 Å². The van der Waals surface area contributed by atoms with E-state index in [2.05, 4.69) is 17.3 Å². The van der Waals surface area contributed by atoms with Gasteiger partial charge < -0.3 is 15.1 Å². The maximum absolute atomic E-state index is 12.0. The fourth-order valence-corrected chi connectivity index (χ4v) is 2.63. The van der Waals surface area contributed by atoms with Crippen LogP contribution < -0.4 is 5.32 Å². The van der Waals surface area contributed by atoms with E-state index in [1.807, 2.05) is 11.0 Å². The second-order valence-corrected chi connectivity index (χ2v) is 5.83. The molecule has 0 radical (unpaired) electrons. The van der Waals surface area contributed by atoms with Crippen LogP contribution in [0, 0.1) is 0 Å². The van der Waals surface area contributed by atoms with Crippen LogP contribution in [0.4, 0.5) is 5.69 Å². The summed E-state index contributed by atoms with van der Waals surface area (Å²) in [5.41, 5.74) is 0.808. The van der Waals surface area contributed by atoms with Crippen LogP contribution in [0.25, 0.3) is 0 Å². The molecule has 0 saturated carbocycles. The number of hydrogen-bond acceptors (Lipinski definition) is 3. The topological polar surface area (TPSA) is 35.6 Å². The van der Waals surface area contributed by atoms with Crippen LogP contribution in [0.15, 0.2) is 18.2 Å². The molecule has 1 amide bonds. The number of carbonyl (C=O) groups is 1. The van der Waals surface area contributed by atoms with Gasteiger partial charge in [-0.1, -0.05) is 23.2 Å². The monoisotopic (exact) mass is 315 g/mol. The summed E-state index contributed by atoms with van der Waals surface area (Å²) in [5, 5.41) is 4.35. The summed E-state index contributed by atoms with van der Waals surface area (Å²) in [4.78, 5) is 16.2. The van der Waals surface area contributed by atoms with Gasteiger partial charge in [-0.25, -0.2) is 0 Å². The summed E-state index contributed by atoms with van der Waals surface area (Å²) in [6.45, 7) is 4.10. The van der Waals surface area contributed by atoms with Crippen LogP contribution in [-0.4, -0.2) is 55.5 Å². The lowest BCUT2D eigenvalue weighted by Crippen LogP contribution is -2.47. The third-order valence-electron chi connectivity index (χ3n) is 3.44. The highest BCUT2D eigenvalue weighted by Crippen LogP contribution is 2.25. The predicted octanol–water partition coefficient (Wildman–Crippen LogP) is 2.57. The normalized spacial score (nSPS) is 16.2. The molecule has 110 valence electrons. The van der Waals surface area contributed by atoms with Crippen LogP contribution in [0.2, 0.25) is 10.0 Å². The third-order valence-corrected chi connectivity index (χ3v) is 3.99. The highest BCUT2D eigenvalue weighted by Gasteiger charge is 2.18. The zero-order valence-corrected chi connectivity index (χ0v) is 13.0. The zero-order chi connectivity index (χ0) is 14.5. The average molecular weight is 316 g/mol. The Kier molecular flexibility index (Phi) is 5.52. The Morgan fingerprint density at radius 2 is 1.95 bits per heavy atom. The Morgan fingerprint density at radius 3 is 2.60 bits per heavy atom. The molecule has 4 nitrogen and oxygen atoms in total. The van der Waals surface area contributed by atoms with E-state index >= 15 is 0 Å². The van der Waals surface area contributed by atoms with Gasteiger partial charge in [0.25, 0.3) is 0 Å². The van der Waals surface area contributed by atoms with Crippen molar-refractivity contribution >= 4 is 34.8 Å². The first-order valence-electron chi connectivity index (χ1n) is 6.71. The highest BCUT2D eigenvalue weighted by molar-refractivity contribution is 6.36. The Morgan fingerprint density at radius 1 is 1.25 bits per heavy atom. The predicted molar refractivity (Wildman–Crippen MR) is 83.6 cm³/mol. The van der Waals surface area contributed by atoms with Crippen molar-refractivity contribution in [2.45, 2.75) is 6.42 Å². The molecule has 1 heterocycles. The van der Waals surface area contributed by atoms with E-state index < -0.39 is 0 Å². The minimum Gasteiger partial charge on any atom is -0.383 e. The molecule has 0 spiro atoms. The van der Waals surface area contributed by atoms with E-state index in [9.17, 15) is 4.79 Å². The summed E-state index contributed by atoms with van der Waals surface area (Å²) in [6, 6.07) is 5.29. The van der Waals surface area contributed by atoms with E-state index in [1.165, 1.54) is 0 Å². The molecular formula is C14H19Cl2N3O. The molecule has 0 aliphatic carbocycles. The van der Waals surface area contributed by atoms with Crippen molar-refractivity contribution in [2.75, 3.05) is 45.1 Å². The minimum atomic E-state index is 0.190. The second-order valence-electron chi connectivity index (χ2n) is 4.99. The lowest BCUT2D eigenvalue weighted by atomic mass is 10.2. The molecule has 0 bridgehead atoms. The number of amides is 1. The number of halogens is 2. The van der Waals surface area contributed by atoms with Crippen molar-refractivity contribution in [3.63, 3.8) is 0 Å². The standard InChI is InChI=1S/C14H19Cl2N3O/c1-18-6-8-19(9-7-18)14(20)4-5-17-13-3-2-11(15)10-12(13)16/h2-3,10,17H,4-9H2,1H3. The lowest BCUT2D eigenvalue weighted by Gasteiger charge is -2.32. The first kappa shape index (κ1) is 15.4. The van der Waals surface area contributed by atoms with Gasteiger partial charge in [0.2, 0.25) is 5.91 Å². The van der Waals surface area contributed by atoms with Crippen LogP contribution >= 0.6 is 23.2 Å². The number of likely N-dealkylation sites (N-methyl/N-ethyl adjacent to an activating group) is 1. The van der Waals surface area contributed by atoms with Crippen LogP contribution in [0.1, 0.15) is 6.42 Å². The minimum absolute atomic E-state index is 0.190. The van der Waals surface area contributed by atoms with Crippen LogP contribution in [0.3, 0.4) is 0 Å². The number of rotatable bonds is 4. The third kappa shape index (κ3) is 4.27. The summed E-state index contributed by atoms with van der Waals surface area (Å²) in [5.74, 6) is 0.190. The Labute approximate surface area is 129 Å². The van der Waals surface area contributed by atoms with Gasteiger partial charge in [0, 0.05) is 44.2 Å². The fourth-order valence-electron chi connectivity index (χ4n) is 2.15. The number of piperazine rings is 1. The highest BCUT2D eigenvalue weighted by atomic mass is 35.5. The van der Waals surface area contributed by atoms with Gasteiger partial charge in [0.1, 0.15) is 0 Å². The Bertz CT molecular complexity index is 473. The number of nitrogens with zero attached hydrogens (tertiary/aromatic N) is 2. The molecule has 20 heavy (non-hydrogen) atoms. The van der Waals surface area contributed by atoms with Gasteiger partial charge in [-0.15, -0.1) is 0 Å². The van der Waals surface area contributed by atoms with E-state index in [0.29, 0.717) is 23.0 Å². The molecule has 1 aromatic carbocycles. The zero-order valence-electron chi connectivity index (χ0n) is 11.5. The number of carbonyl (C=O) groups excluding carboxylic acids is 1. The molecule has 1 aromatic rings. The molecule has 0 aromatic heterocycles. The average Bonchev–Trinajstić information content (AvgIpc) is 2.42. The van der Waals surface area contributed by atoms with Crippen molar-refractivity contribution in [2.24, 2.45) is 0 Å². The van der Waals surface area contributed by atoms with E-state index in [4.69, 9.17) is 23.2 Å². The number of anilines is 1. The number of hydrogen-bond donors (Lipinski definition) is 1. The van der Waals surface area contributed by atoms with Crippen molar-refractivity contribution in [3.05, 3.63) is 28.2 Å². The summed E-state index contributed by atoms with van der Waals surface area (Å²) >= 11 is 11.9. The summed E-state index contributed by atoms with van der Waals surface area (Å²) < 4.78 is 0. The molecule has 0 unspecified atom stereocenters. The Hall–Kier alpha value is -0.970. The molecule has 1 aliphatic heterocycles. The summed E-state index contributed by atoms with van der Waals surface area (Å²) in [6.07, 6.45) is 0.475. The Balaban J connectivity index is 1.76. The smallest absolute Gasteiger partial charge is 0.224 e. The van der Waals surface area contributed by atoms with E-state index in [-0.39, 0.29) is 5.91 Å². The summed E-state index contributed by atoms with van der Waals surface area (Å²) in [7, 11) is 2.08. The first-order valence-corrected chi connectivity index (χ1v) is 7.47. The van der Waals surface area contributed by atoms with Gasteiger partial charge in [0.15, 0.2) is 0 Å². The molecule has 1 saturated heterocycles. The molecule has 2 rings (SSSR count). The van der Waals surface area contributed by atoms with Crippen molar-refractivity contribution in [1.82, 2.24) is 9.80 Å². The lowest BCUT2D eigenvalue weighted by molar-refractivity contribution is -0.132. The largest absolute Gasteiger partial charge is 0.383 e. The molecule has 6 heteroatoms. The van der Waals surface area contributed by atoms with Crippen LogP contribution in [-0.2, 0) is 4.79 Å². The van der Waals surface area contributed by atoms with Crippen molar-refractivity contribution < 1.29 is 4.79 Å². The van der Waals surface area contributed by atoms with Gasteiger partial charge >= 0.3 is 0 Å². The first-order chi connectivity index (χ1) is 9.56. The fraction of sp³-hybridized carbons (Fsp3) is 0.500. The van der Waals surface area contributed by atoms with Crippen molar-refractivity contribution in [1.29, 1.82) is 0 Å². The molecule has 1 fully saturated rings. The molecular weight excluding hydrogens is 297 g/mol. The van der Waals surface area contributed by atoms with Gasteiger partial charge in [-0.05, 0) is 25.2 Å². The van der Waals surface area contributed by atoms with Crippen molar-refractivity contribution in [3.8, 4) is 0 Å². The maximum Gasteiger partial charge on any atom is 0.224 e. The second kappa shape index (κ2) is 7.16. The SMILES string of the molecule is CN1CCN(C(=O)CCNc2ccc(Cl)cc2Cl)CC1.